The van der Waals surface area contributed by atoms with Gasteiger partial charge in [-0.2, -0.15) is 0 Å². The van der Waals surface area contributed by atoms with E-state index in [1.54, 1.807) is 0 Å². The van der Waals surface area contributed by atoms with Gasteiger partial charge in [-0.3, -0.25) is 0 Å². The van der Waals surface area contributed by atoms with Crippen LogP contribution in [0.4, 0.5) is 4.39 Å². The van der Waals surface area contributed by atoms with Crippen molar-refractivity contribution in [3.05, 3.63) is 35.1 Å². The summed E-state index contributed by atoms with van der Waals surface area (Å²) in [6.45, 7) is 0.00120. The van der Waals surface area contributed by atoms with Gasteiger partial charge in [0.2, 0.25) is 0 Å². The molecule has 0 aliphatic carbocycles. The fourth-order valence-corrected chi connectivity index (χ4v) is 1.22. The lowest BCUT2D eigenvalue weighted by molar-refractivity contribution is 0.0694. The Hall–Kier alpha value is -1.46. The highest BCUT2D eigenvalue weighted by Gasteiger charge is 2.18. The van der Waals surface area contributed by atoms with Crippen LogP contribution in [0.25, 0.3) is 0 Å². The lowest BCUT2D eigenvalue weighted by Crippen LogP contribution is -2.24. The summed E-state index contributed by atoms with van der Waals surface area (Å²) in [6.07, 6.45) is 0. The first-order valence-electron chi connectivity index (χ1n) is 4.05. The summed E-state index contributed by atoms with van der Waals surface area (Å²) in [6, 6.07) is 3.00. The maximum absolute atomic E-state index is 13.2. The van der Waals surface area contributed by atoms with E-state index in [4.69, 9.17) is 16.6 Å². The van der Waals surface area contributed by atoms with Gasteiger partial charge in [0.1, 0.15) is 5.82 Å². The number of carboxylic acid groups (broad SMARTS) is 1. The minimum Gasteiger partial charge on any atom is -0.478 e. The van der Waals surface area contributed by atoms with Gasteiger partial charge in [-0.25, -0.2) is 9.18 Å². The van der Waals surface area contributed by atoms with Crippen LogP contribution in [0, 0.1) is 5.82 Å². The first-order valence-corrected chi connectivity index (χ1v) is 4.05. The Morgan fingerprint density at radius 1 is 1.57 bits per heavy atom. The summed E-state index contributed by atoms with van der Waals surface area (Å²) in [5.41, 5.74) is 10.6. The number of hydrogen-bond donors (Lipinski definition) is 3. The molecule has 1 aromatic carbocycles. The molecular formula is C9H11FN2O2. The molecule has 0 radical (unpaired) electrons. The van der Waals surface area contributed by atoms with Crippen LogP contribution in [0.2, 0.25) is 0 Å². The number of carbonyl (C=O) groups is 1. The third-order valence-corrected chi connectivity index (χ3v) is 1.91. The van der Waals surface area contributed by atoms with Crippen molar-refractivity contribution in [1.82, 2.24) is 0 Å². The van der Waals surface area contributed by atoms with Gasteiger partial charge < -0.3 is 16.6 Å². The molecule has 0 saturated carbocycles. The zero-order valence-electron chi connectivity index (χ0n) is 7.40. The molecule has 14 heavy (non-hydrogen) atoms. The monoisotopic (exact) mass is 198 g/mol. The van der Waals surface area contributed by atoms with E-state index in [-0.39, 0.29) is 17.7 Å². The molecule has 0 aliphatic rings. The van der Waals surface area contributed by atoms with E-state index < -0.39 is 17.8 Å². The third-order valence-electron chi connectivity index (χ3n) is 1.91. The van der Waals surface area contributed by atoms with Crippen LogP contribution in [0.3, 0.4) is 0 Å². The summed E-state index contributed by atoms with van der Waals surface area (Å²) in [4.78, 5) is 10.7. The fourth-order valence-electron chi connectivity index (χ4n) is 1.22. The van der Waals surface area contributed by atoms with Gasteiger partial charge in [0.05, 0.1) is 5.56 Å². The molecule has 0 spiro atoms. The van der Waals surface area contributed by atoms with Crippen molar-refractivity contribution < 1.29 is 14.3 Å². The van der Waals surface area contributed by atoms with Crippen LogP contribution in [0.1, 0.15) is 22.0 Å². The van der Waals surface area contributed by atoms with Crippen molar-refractivity contribution in [2.24, 2.45) is 11.5 Å². The average Bonchev–Trinajstić information content (AvgIpc) is 2.16. The smallest absolute Gasteiger partial charge is 0.336 e. The van der Waals surface area contributed by atoms with Crippen LogP contribution in [0.5, 0.6) is 0 Å². The van der Waals surface area contributed by atoms with Crippen molar-refractivity contribution in [1.29, 1.82) is 0 Å². The summed E-state index contributed by atoms with van der Waals surface area (Å²) < 4.78 is 13.2. The Morgan fingerprint density at radius 2 is 2.21 bits per heavy atom. The molecule has 0 aromatic heterocycles. The highest BCUT2D eigenvalue weighted by molar-refractivity contribution is 5.89. The molecule has 0 fully saturated rings. The number of hydrogen-bond acceptors (Lipinski definition) is 3. The molecule has 5 heteroatoms. The van der Waals surface area contributed by atoms with Gasteiger partial charge in [0.15, 0.2) is 0 Å². The van der Waals surface area contributed by atoms with E-state index in [1.807, 2.05) is 0 Å². The average molecular weight is 198 g/mol. The molecule has 0 bridgehead atoms. The largest absolute Gasteiger partial charge is 0.478 e. The van der Waals surface area contributed by atoms with Crippen LogP contribution >= 0.6 is 0 Å². The van der Waals surface area contributed by atoms with E-state index in [0.717, 1.165) is 6.07 Å². The van der Waals surface area contributed by atoms with Crippen molar-refractivity contribution in [2.75, 3.05) is 6.54 Å². The van der Waals surface area contributed by atoms with Gasteiger partial charge in [0.25, 0.3) is 0 Å². The topological polar surface area (TPSA) is 89.3 Å². The standard InChI is InChI=1S/C9H11FN2O2/c10-6-3-1-2-5(9(13)14)8(6)7(12)4-11/h1-3,7H,4,11-12H2,(H,13,14)/t7-/m1/s1. The number of nitrogens with two attached hydrogens (primary N) is 2. The Bertz CT molecular complexity index is 355. The predicted octanol–water partition coefficient (Wildman–Crippen LogP) is 0.482. The molecule has 0 aliphatic heterocycles. The minimum absolute atomic E-state index is 0.00120. The second-order valence-electron chi connectivity index (χ2n) is 2.85. The van der Waals surface area contributed by atoms with Crippen molar-refractivity contribution in [2.45, 2.75) is 6.04 Å². The van der Waals surface area contributed by atoms with Gasteiger partial charge >= 0.3 is 5.97 Å². The number of rotatable bonds is 3. The maximum atomic E-state index is 13.2. The first-order chi connectivity index (χ1) is 6.57. The van der Waals surface area contributed by atoms with Crippen LogP contribution in [0.15, 0.2) is 18.2 Å². The quantitative estimate of drug-likeness (QED) is 0.659. The molecule has 0 unspecified atom stereocenters. The molecule has 0 amide bonds. The van der Waals surface area contributed by atoms with Gasteiger partial charge in [-0.05, 0) is 12.1 Å². The maximum Gasteiger partial charge on any atom is 0.336 e. The Morgan fingerprint density at radius 3 is 2.71 bits per heavy atom. The molecule has 1 aromatic rings. The molecule has 1 rings (SSSR count). The zero-order valence-corrected chi connectivity index (χ0v) is 7.40. The molecule has 76 valence electrons. The number of halogens is 1. The second kappa shape index (κ2) is 4.17. The molecule has 4 nitrogen and oxygen atoms in total. The Labute approximate surface area is 80.3 Å². The molecule has 5 N–H and O–H groups in total. The second-order valence-corrected chi connectivity index (χ2v) is 2.85. The highest BCUT2D eigenvalue weighted by Crippen LogP contribution is 2.19. The summed E-state index contributed by atoms with van der Waals surface area (Å²) in [7, 11) is 0. The fraction of sp³-hybridized carbons (Fsp3) is 0.222. The van der Waals surface area contributed by atoms with Crippen molar-refractivity contribution in [3.8, 4) is 0 Å². The lowest BCUT2D eigenvalue weighted by atomic mass is 10.0. The van der Waals surface area contributed by atoms with Crippen LogP contribution < -0.4 is 11.5 Å². The van der Waals surface area contributed by atoms with E-state index >= 15 is 0 Å². The molecular weight excluding hydrogens is 187 g/mol. The summed E-state index contributed by atoms with van der Waals surface area (Å²) >= 11 is 0. The Balaban J connectivity index is 3.29. The van der Waals surface area contributed by atoms with Crippen LogP contribution in [-0.4, -0.2) is 17.6 Å². The summed E-state index contributed by atoms with van der Waals surface area (Å²) in [5, 5.41) is 8.77. The predicted molar refractivity (Wildman–Crippen MR) is 49.3 cm³/mol. The summed E-state index contributed by atoms with van der Waals surface area (Å²) in [5.74, 6) is -1.84. The normalized spacial score (nSPS) is 12.5. The van der Waals surface area contributed by atoms with Gasteiger partial charge in [0, 0.05) is 18.2 Å². The number of benzene rings is 1. The van der Waals surface area contributed by atoms with Gasteiger partial charge in [-0.1, -0.05) is 6.07 Å². The SMILES string of the molecule is NC[C@@H](N)c1c(F)cccc1C(=O)O. The molecule has 0 saturated heterocycles. The van der Waals surface area contributed by atoms with E-state index in [2.05, 4.69) is 0 Å². The third kappa shape index (κ3) is 1.89. The lowest BCUT2D eigenvalue weighted by Gasteiger charge is -2.12. The van der Waals surface area contributed by atoms with Crippen LogP contribution in [-0.2, 0) is 0 Å². The molecule has 0 heterocycles. The number of carboxylic acids is 1. The minimum atomic E-state index is -1.21. The van der Waals surface area contributed by atoms with E-state index in [9.17, 15) is 9.18 Å². The first kappa shape index (κ1) is 10.6. The molecule has 1 atom stereocenters. The van der Waals surface area contributed by atoms with E-state index in [0.29, 0.717) is 0 Å². The Kier molecular flexibility index (Phi) is 3.16. The number of aromatic carboxylic acids is 1. The highest BCUT2D eigenvalue weighted by atomic mass is 19.1. The zero-order chi connectivity index (χ0) is 10.7. The van der Waals surface area contributed by atoms with Gasteiger partial charge in [-0.15, -0.1) is 0 Å². The van der Waals surface area contributed by atoms with Crippen molar-refractivity contribution in [3.63, 3.8) is 0 Å². The van der Waals surface area contributed by atoms with Crippen molar-refractivity contribution >= 4 is 5.97 Å². The van der Waals surface area contributed by atoms with E-state index in [1.165, 1.54) is 12.1 Å².